The van der Waals surface area contributed by atoms with Gasteiger partial charge >= 0.3 is 13.7 Å². The first-order chi connectivity index (χ1) is 18.5. The number of alkyl halides is 1. The minimum atomic E-state index is -4.26. The minimum absolute atomic E-state index is 0.101. The monoisotopic (exact) mass is 585 g/mol. The molecule has 1 aliphatic rings. The summed E-state index contributed by atoms with van der Waals surface area (Å²) in [6, 6.07) is 8.64. The molecule has 212 valence electrons. The molecule has 4 rings (SSSR count). The molecule has 2 aromatic heterocycles. The number of aromatic nitrogens is 3. The number of carbonyl (C=O) groups excluding carboxylic acids is 1. The Bertz CT molecular complexity index is 1350. The van der Waals surface area contributed by atoms with Crippen LogP contribution in [0.3, 0.4) is 0 Å². The van der Waals surface area contributed by atoms with Crippen LogP contribution in [-0.4, -0.2) is 63.2 Å². The molecule has 6 atom stereocenters. The van der Waals surface area contributed by atoms with Gasteiger partial charge in [0.05, 0.1) is 18.6 Å². The lowest BCUT2D eigenvalue weighted by atomic mass is 10.1. The topological polar surface area (TPSA) is 160 Å². The van der Waals surface area contributed by atoms with Crippen LogP contribution in [0.4, 0.5) is 10.2 Å². The fourth-order valence-electron chi connectivity index (χ4n) is 3.84. The highest BCUT2D eigenvalue weighted by Gasteiger charge is 2.47. The molecule has 1 aromatic carbocycles. The van der Waals surface area contributed by atoms with Gasteiger partial charge < -0.3 is 29.4 Å². The molecule has 0 radical (unpaired) electrons. The van der Waals surface area contributed by atoms with E-state index in [9.17, 15) is 14.5 Å². The maximum absolute atomic E-state index is 15.2. The van der Waals surface area contributed by atoms with E-state index in [1.165, 1.54) is 17.7 Å². The summed E-state index contributed by atoms with van der Waals surface area (Å²) in [6.07, 6.45) is -4.65. The van der Waals surface area contributed by atoms with Gasteiger partial charge in [-0.3, -0.25) is 9.32 Å². The third-order valence-electron chi connectivity index (χ3n) is 5.78. The molecule has 0 spiro atoms. The number of nitrogens with two attached hydrogens (primary N) is 1. The summed E-state index contributed by atoms with van der Waals surface area (Å²) in [7, 11) is -4.26. The van der Waals surface area contributed by atoms with Crippen LogP contribution in [-0.2, 0) is 23.4 Å². The van der Waals surface area contributed by atoms with Gasteiger partial charge in [0, 0.05) is 6.20 Å². The summed E-state index contributed by atoms with van der Waals surface area (Å²) >= 11 is 5.91. The molecule has 2 unspecified atom stereocenters. The SMILES string of the molecule is CC(C)COC(=O)[C@H](C)NP(=O)(OC[C@H]1O[C@@H](n2ccc3c(N)nc(Cl)nc32)[C@H](F)C1O)Oc1ccccc1. The van der Waals surface area contributed by atoms with Crippen molar-refractivity contribution >= 4 is 42.2 Å². The van der Waals surface area contributed by atoms with E-state index >= 15 is 4.39 Å². The van der Waals surface area contributed by atoms with Crippen molar-refractivity contribution in [2.24, 2.45) is 5.92 Å². The van der Waals surface area contributed by atoms with Gasteiger partial charge in [-0.25, -0.2) is 13.9 Å². The van der Waals surface area contributed by atoms with Crippen molar-refractivity contribution in [3.8, 4) is 5.75 Å². The Hall–Kier alpha value is -2.80. The van der Waals surface area contributed by atoms with Crippen molar-refractivity contribution in [3.05, 3.63) is 47.9 Å². The highest BCUT2D eigenvalue weighted by Crippen LogP contribution is 2.46. The highest BCUT2D eigenvalue weighted by atomic mass is 35.5. The van der Waals surface area contributed by atoms with Crippen molar-refractivity contribution in [1.82, 2.24) is 19.6 Å². The van der Waals surface area contributed by atoms with E-state index in [2.05, 4.69) is 15.1 Å². The Morgan fingerprint density at radius 1 is 1.28 bits per heavy atom. The summed E-state index contributed by atoms with van der Waals surface area (Å²) < 4.78 is 52.3. The van der Waals surface area contributed by atoms with Crippen LogP contribution in [0, 0.1) is 5.92 Å². The van der Waals surface area contributed by atoms with E-state index in [1.54, 1.807) is 36.4 Å². The van der Waals surface area contributed by atoms with Crippen LogP contribution >= 0.6 is 19.3 Å². The molecule has 0 amide bonds. The number of anilines is 1. The lowest BCUT2D eigenvalue weighted by Crippen LogP contribution is -2.37. The number of hydrogen-bond donors (Lipinski definition) is 3. The first kappa shape index (κ1) is 29.2. The fourth-order valence-corrected chi connectivity index (χ4v) is 5.52. The molecule has 12 nitrogen and oxygen atoms in total. The van der Waals surface area contributed by atoms with Crippen LogP contribution in [0.25, 0.3) is 11.0 Å². The molecule has 0 bridgehead atoms. The second kappa shape index (κ2) is 12.2. The van der Waals surface area contributed by atoms with Crippen molar-refractivity contribution < 1.29 is 37.4 Å². The number of rotatable bonds is 11. The van der Waals surface area contributed by atoms with Gasteiger partial charge in [-0.15, -0.1) is 0 Å². The Kier molecular flexibility index (Phi) is 9.10. The predicted octanol–water partition coefficient (Wildman–Crippen LogP) is 3.64. The number of fused-ring (bicyclic) bond motifs is 1. The van der Waals surface area contributed by atoms with E-state index in [1.807, 2.05) is 13.8 Å². The number of para-hydroxylation sites is 1. The number of aliphatic hydroxyl groups excluding tert-OH is 1. The van der Waals surface area contributed by atoms with Gasteiger partial charge in [-0.05, 0) is 42.6 Å². The van der Waals surface area contributed by atoms with Crippen molar-refractivity contribution in [2.45, 2.75) is 51.4 Å². The first-order valence-electron chi connectivity index (χ1n) is 12.2. The van der Waals surface area contributed by atoms with Crippen molar-refractivity contribution in [1.29, 1.82) is 0 Å². The Balaban J connectivity index is 1.50. The van der Waals surface area contributed by atoms with Crippen LogP contribution in [0.15, 0.2) is 42.6 Å². The Morgan fingerprint density at radius 3 is 2.69 bits per heavy atom. The summed E-state index contributed by atoms with van der Waals surface area (Å²) in [5, 5.41) is 13.4. The highest BCUT2D eigenvalue weighted by molar-refractivity contribution is 7.52. The number of benzene rings is 1. The second-order valence-corrected chi connectivity index (χ2v) is 11.4. The molecule has 0 aliphatic carbocycles. The van der Waals surface area contributed by atoms with Crippen LogP contribution < -0.4 is 15.3 Å². The van der Waals surface area contributed by atoms with Gasteiger partial charge in [0.25, 0.3) is 0 Å². The zero-order chi connectivity index (χ0) is 28.3. The third-order valence-corrected chi connectivity index (χ3v) is 7.60. The normalized spacial score (nSPS) is 23.6. The predicted molar refractivity (Wildman–Crippen MR) is 141 cm³/mol. The third kappa shape index (κ3) is 6.86. The van der Waals surface area contributed by atoms with E-state index < -0.39 is 51.0 Å². The Morgan fingerprint density at radius 2 is 2.00 bits per heavy atom. The van der Waals surface area contributed by atoms with E-state index in [0.29, 0.717) is 5.39 Å². The quantitative estimate of drug-likeness (QED) is 0.171. The number of ether oxygens (including phenoxy) is 2. The van der Waals surface area contributed by atoms with Crippen molar-refractivity contribution in [2.75, 3.05) is 18.9 Å². The molecule has 3 heterocycles. The molecular weight excluding hydrogens is 556 g/mol. The number of halogens is 2. The van der Waals surface area contributed by atoms with Gasteiger partial charge in [0.15, 0.2) is 12.4 Å². The molecule has 4 N–H and O–H groups in total. The lowest BCUT2D eigenvalue weighted by Gasteiger charge is -2.24. The largest absolute Gasteiger partial charge is 0.464 e. The number of nitrogen functional groups attached to an aromatic ring is 1. The first-order valence-corrected chi connectivity index (χ1v) is 14.1. The van der Waals surface area contributed by atoms with Gasteiger partial charge in [0.1, 0.15) is 35.5 Å². The standard InChI is InChI=1S/C24H30ClFN5O7P/c1-13(2)11-35-23(33)14(3)30-39(34,38-15-7-5-4-6-8-15)36-12-17-19(32)18(26)22(37-17)31-10-9-16-20(27)28-24(25)29-21(16)31/h4-10,13-14,17-19,22,32H,11-12H2,1-3H3,(H,30,34)(H2,27,28,29)/t14-,17+,18+,19?,22+,39?/m0/s1. The molecule has 1 fully saturated rings. The van der Waals surface area contributed by atoms with E-state index in [-0.39, 0.29) is 35.0 Å². The number of nitrogens with one attached hydrogen (secondary N) is 1. The molecule has 3 aromatic rings. The maximum Gasteiger partial charge on any atom is 0.459 e. The molecule has 39 heavy (non-hydrogen) atoms. The fraction of sp³-hybridized carbons (Fsp3) is 0.458. The number of carbonyl (C=O) groups is 1. The average molecular weight is 586 g/mol. The number of aliphatic hydroxyl groups is 1. The number of nitrogens with zero attached hydrogens (tertiary/aromatic N) is 3. The van der Waals surface area contributed by atoms with Crippen molar-refractivity contribution in [3.63, 3.8) is 0 Å². The zero-order valence-corrected chi connectivity index (χ0v) is 23.1. The zero-order valence-electron chi connectivity index (χ0n) is 21.4. The summed E-state index contributed by atoms with van der Waals surface area (Å²) in [4.78, 5) is 20.4. The molecule has 0 saturated carbocycles. The smallest absolute Gasteiger partial charge is 0.459 e. The molecule has 1 saturated heterocycles. The van der Waals surface area contributed by atoms with Gasteiger partial charge in [-0.2, -0.15) is 10.1 Å². The second-order valence-electron chi connectivity index (χ2n) is 9.41. The molecular formula is C24H30ClFN5O7P. The minimum Gasteiger partial charge on any atom is -0.464 e. The molecule has 15 heteroatoms. The lowest BCUT2D eigenvalue weighted by molar-refractivity contribution is -0.146. The Labute approximate surface area is 229 Å². The van der Waals surface area contributed by atoms with Crippen LogP contribution in [0.2, 0.25) is 5.28 Å². The average Bonchev–Trinajstić information content (AvgIpc) is 3.42. The maximum atomic E-state index is 15.2. The van der Waals surface area contributed by atoms with Gasteiger partial charge in [-0.1, -0.05) is 32.0 Å². The summed E-state index contributed by atoms with van der Waals surface area (Å²) in [5.74, 6) is -0.268. The van der Waals surface area contributed by atoms with E-state index in [4.69, 9.17) is 35.9 Å². The molecule has 1 aliphatic heterocycles. The van der Waals surface area contributed by atoms with E-state index in [0.717, 1.165) is 0 Å². The summed E-state index contributed by atoms with van der Waals surface area (Å²) in [5.41, 5.74) is 6.08. The van der Waals surface area contributed by atoms with Crippen LogP contribution in [0.1, 0.15) is 27.0 Å². The van der Waals surface area contributed by atoms with Crippen LogP contribution in [0.5, 0.6) is 5.75 Å². The number of hydrogen-bond acceptors (Lipinski definition) is 10. The summed E-state index contributed by atoms with van der Waals surface area (Å²) in [6.45, 7) is 4.83. The van der Waals surface area contributed by atoms with Gasteiger partial charge in [0.2, 0.25) is 5.28 Å². The number of esters is 1.